The predicted octanol–water partition coefficient (Wildman–Crippen LogP) is 3.59. The maximum absolute atomic E-state index is 4.31. The quantitative estimate of drug-likeness (QED) is 0.867. The first-order chi connectivity index (χ1) is 8.15. The van der Waals surface area contributed by atoms with E-state index in [9.17, 15) is 0 Å². The third-order valence-corrected chi connectivity index (χ3v) is 3.65. The number of hydrogen-bond donors (Lipinski definition) is 1. The second-order valence-electron chi connectivity index (χ2n) is 5.58. The smallest absolute Gasteiger partial charge is 0.129 e. The van der Waals surface area contributed by atoms with Crippen molar-refractivity contribution in [3.8, 4) is 0 Å². The first-order valence-electron chi connectivity index (χ1n) is 6.73. The molecule has 1 aliphatic rings. The standard InChI is InChI=1S/C14H23N3/c1-10(2)13-8-14(16-9-15-13)17-12-6-4-11(3)5-7-12/h8-12H,4-7H2,1-3H3,(H,15,16,17). The van der Waals surface area contributed by atoms with Crippen LogP contribution in [0.2, 0.25) is 0 Å². The molecule has 2 rings (SSSR count). The molecular weight excluding hydrogens is 210 g/mol. The van der Waals surface area contributed by atoms with Gasteiger partial charge in [0.15, 0.2) is 0 Å². The third-order valence-electron chi connectivity index (χ3n) is 3.65. The van der Waals surface area contributed by atoms with Crippen LogP contribution in [0.1, 0.15) is 58.1 Å². The minimum absolute atomic E-state index is 0.463. The van der Waals surface area contributed by atoms with E-state index in [4.69, 9.17) is 0 Å². The first kappa shape index (κ1) is 12.3. The maximum atomic E-state index is 4.31. The Balaban J connectivity index is 1.96. The van der Waals surface area contributed by atoms with Crippen LogP contribution in [0.5, 0.6) is 0 Å². The van der Waals surface area contributed by atoms with E-state index in [-0.39, 0.29) is 0 Å². The third kappa shape index (κ3) is 3.42. The van der Waals surface area contributed by atoms with Crippen molar-refractivity contribution < 1.29 is 0 Å². The molecule has 1 N–H and O–H groups in total. The Morgan fingerprint density at radius 2 is 1.88 bits per heavy atom. The van der Waals surface area contributed by atoms with Gasteiger partial charge in [-0.05, 0) is 37.5 Å². The summed E-state index contributed by atoms with van der Waals surface area (Å²) in [6.45, 7) is 6.67. The summed E-state index contributed by atoms with van der Waals surface area (Å²) in [7, 11) is 0. The molecule has 1 heterocycles. The molecule has 0 spiro atoms. The molecule has 0 unspecified atom stereocenters. The molecule has 1 aromatic heterocycles. The average molecular weight is 233 g/mol. The van der Waals surface area contributed by atoms with Gasteiger partial charge in [-0.1, -0.05) is 20.8 Å². The van der Waals surface area contributed by atoms with Crippen molar-refractivity contribution in [2.45, 2.75) is 58.4 Å². The lowest BCUT2D eigenvalue weighted by molar-refractivity contribution is 0.361. The fraction of sp³-hybridized carbons (Fsp3) is 0.714. The topological polar surface area (TPSA) is 37.8 Å². The molecule has 3 nitrogen and oxygen atoms in total. The molecule has 3 heteroatoms. The summed E-state index contributed by atoms with van der Waals surface area (Å²) in [4.78, 5) is 8.61. The largest absolute Gasteiger partial charge is 0.367 e. The van der Waals surface area contributed by atoms with E-state index in [0.29, 0.717) is 12.0 Å². The van der Waals surface area contributed by atoms with Gasteiger partial charge < -0.3 is 5.32 Å². The Kier molecular flexibility index (Phi) is 3.97. The van der Waals surface area contributed by atoms with Gasteiger partial charge in [0.25, 0.3) is 0 Å². The second-order valence-corrected chi connectivity index (χ2v) is 5.58. The van der Waals surface area contributed by atoms with Crippen molar-refractivity contribution in [3.63, 3.8) is 0 Å². The van der Waals surface area contributed by atoms with Gasteiger partial charge in [0.2, 0.25) is 0 Å². The number of rotatable bonds is 3. The van der Waals surface area contributed by atoms with Gasteiger partial charge in [-0.2, -0.15) is 0 Å². The molecule has 17 heavy (non-hydrogen) atoms. The van der Waals surface area contributed by atoms with Crippen LogP contribution in [0, 0.1) is 5.92 Å². The van der Waals surface area contributed by atoms with Gasteiger partial charge in [0.1, 0.15) is 12.1 Å². The average Bonchev–Trinajstić information content (AvgIpc) is 2.32. The van der Waals surface area contributed by atoms with Crippen LogP contribution in [-0.4, -0.2) is 16.0 Å². The molecule has 0 atom stereocenters. The molecule has 0 radical (unpaired) electrons. The summed E-state index contributed by atoms with van der Waals surface area (Å²) in [6, 6.07) is 2.68. The molecule has 1 fully saturated rings. The molecule has 1 aliphatic carbocycles. The van der Waals surface area contributed by atoms with Crippen LogP contribution in [0.15, 0.2) is 12.4 Å². The van der Waals surface area contributed by atoms with E-state index in [1.807, 2.05) is 0 Å². The zero-order valence-electron chi connectivity index (χ0n) is 11.1. The molecule has 94 valence electrons. The van der Waals surface area contributed by atoms with E-state index in [2.05, 4.69) is 42.1 Å². The Bertz CT molecular complexity index is 354. The Labute approximate surface area is 104 Å². The van der Waals surface area contributed by atoms with Gasteiger partial charge in [-0.3, -0.25) is 0 Å². The molecule has 0 aliphatic heterocycles. The van der Waals surface area contributed by atoms with Crippen molar-refractivity contribution in [3.05, 3.63) is 18.1 Å². The van der Waals surface area contributed by atoms with Gasteiger partial charge in [0, 0.05) is 17.8 Å². The van der Waals surface area contributed by atoms with E-state index in [0.717, 1.165) is 17.4 Å². The SMILES string of the molecule is CC1CCC(Nc2cc(C(C)C)ncn2)CC1. The Morgan fingerprint density at radius 3 is 2.53 bits per heavy atom. The molecule has 0 aromatic carbocycles. The van der Waals surface area contributed by atoms with Crippen LogP contribution in [0.25, 0.3) is 0 Å². The van der Waals surface area contributed by atoms with Crippen molar-refractivity contribution >= 4 is 5.82 Å². The molecule has 0 amide bonds. The molecule has 1 saturated carbocycles. The van der Waals surface area contributed by atoms with Crippen molar-refractivity contribution in [2.24, 2.45) is 5.92 Å². The summed E-state index contributed by atoms with van der Waals surface area (Å²) < 4.78 is 0. The highest BCUT2D eigenvalue weighted by Crippen LogP contribution is 2.25. The van der Waals surface area contributed by atoms with E-state index in [1.165, 1.54) is 25.7 Å². The molecule has 0 bridgehead atoms. The maximum Gasteiger partial charge on any atom is 0.129 e. The van der Waals surface area contributed by atoms with Crippen LogP contribution in [-0.2, 0) is 0 Å². The van der Waals surface area contributed by atoms with Crippen molar-refractivity contribution in [1.29, 1.82) is 0 Å². The Hall–Kier alpha value is -1.12. The number of hydrogen-bond acceptors (Lipinski definition) is 3. The van der Waals surface area contributed by atoms with Crippen LogP contribution >= 0.6 is 0 Å². The predicted molar refractivity (Wildman–Crippen MR) is 71.2 cm³/mol. The monoisotopic (exact) mass is 233 g/mol. The van der Waals surface area contributed by atoms with Gasteiger partial charge in [-0.25, -0.2) is 9.97 Å². The number of anilines is 1. The van der Waals surface area contributed by atoms with Crippen molar-refractivity contribution in [1.82, 2.24) is 9.97 Å². The summed E-state index contributed by atoms with van der Waals surface area (Å²) >= 11 is 0. The van der Waals surface area contributed by atoms with Gasteiger partial charge >= 0.3 is 0 Å². The van der Waals surface area contributed by atoms with Crippen LogP contribution < -0.4 is 5.32 Å². The minimum Gasteiger partial charge on any atom is -0.367 e. The zero-order chi connectivity index (χ0) is 12.3. The molecule has 1 aromatic rings. The lowest BCUT2D eigenvalue weighted by Crippen LogP contribution is -2.25. The van der Waals surface area contributed by atoms with Crippen LogP contribution in [0.3, 0.4) is 0 Å². The second kappa shape index (κ2) is 5.48. The summed E-state index contributed by atoms with van der Waals surface area (Å²) in [5, 5.41) is 3.55. The summed E-state index contributed by atoms with van der Waals surface area (Å²) in [6.07, 6.45) is 6.87. The first-order valence-corrected chi connectivity index (χ1v) is 6.73. The Morgan fingerprint density at radius 1 is 1.18 bits per heavy atom. The fourth-order valence-corrected chi connectivity index (χ4v) is 2.38. The number of nitrogens with zero attached hydrogens (tertiary/aromatic N) is 2. The normalized spacial score (nSPS) is 24.9. The lowest BCUT2D eigenvalue weighted by Gasteiger charge is -2.27. The summed E-state index contributed by atoms with van der Waals surface area (Å²) in [5.74, 6) is 2.35. The molecule has 0 saturated heterocycles. The fourth-order valence-electron chi connectivity index (χ4n) is 2.38. The van der Waals surface area contributed by atoms with E-state index in [1.54, 1.807) is 6.33 Å². The molecular formula is C14H23N3. The lowest BCUT2D eigenvalue weighted by atomic mass is 9.87. The minimum atomic E-state index is 0.463. The highest BCUT2D eigenvalue weighted by atomic mass is 15.0. The number of aromatic nitrogens is 2. The van der Waals surface area contributed by atoms with E-state index >= 15 is 0 Å². The van der Waals surface area contributed by atoms with Gasteiger partial charge in [0.05, 0.1) is 0 Å². The van der Waals surface area contributed by atoms with Gasteiger partial charge in [-0.15, -0.1) is 0 Å². The van der Waals surface area contributed by atoms with E-state index < -0.39 is 0 Å². The highest BCUT2D eigenvalue weighted by Gasteiger charge is 2.18. The van der Waals surface area contributed by atoms with Crippen molar-refractivity contribution in [2.75, 3.05) is 5.32 Å². The van der Waals surface area contributed by atoms with Crippen LogP contribution in [0.4, 0.5) is 5.82 Å². The highest BCUT2D eigenvalue weighted by molar-refractivity contribution is 5.36. The summed E-state index contributed by atoms with van der Waals surface area (Å²) in [5.41, 5.74) is 1.12. The number of nitrogens with one attached hydrogen (secondary N) is 1. The zero-order valence-corrected chi connectivity index (χ0v) is 11.1.